The van der Waals surface area contributed by atoms with Gasteiger partial charge in [-0.05, 0) is 57.0 Å². The zero-order valence-corrected chi connectivity index (χ0v) is 18.8. The van der Waals surface area contributed by atoms with Gasteiger partial charge in [-0.2, -0.15) is 11.8 Å². The predicted octanol–water partition coefficient (Wildman–Crippen LogP) is 3.04. The summed E-state index contributed by atoms with van der Waals surface area (Å²) in [5.74, 6) is 1.94. The summed E-state index contributed by atoms with van der Waals surface area (Å²) in [4.78, 5) is 25.4. The molecule has 1 fully saturated rings. The molecule has 7 nitrogen and oxygen atoms in total. The number of likely N-dealkylation sites (tertiary alicyclic amines) is 1. The number of rotatable bonds is 13. The number of benzene rings is 1. The van der Waals surface area contributed by atoms with E-state index in [1.807, 2.05) is 12.1 Å². The molecule has 0 saturated carbocycles. The summed E-state index contributed by atoms with van der Waals surface area (Å²) >= 11 is 1.48. The number of nitrogens with zero attached hydrogens (tertiary/aromatic N) is 1. The standard InChI is InChI=1S/C22H35N3O4S/c1-2-28-22(27)24-11-15-30-18-21(26)23-10-7-14-29-20-9-6-8-19(16-20)17-25-12-4-3-5-13-25/h6,8-9,16H,2-5,7,10-15,17-18H2,1H3,(H,23,26)(H,24,27). The Morgan fingerprint density at radius 1 is 1.13 bits per heavy atom. The summed E-state index contributed by atoms with van der Waals surface area (Å²) in [5.41, 5.74) is 1.29. The molecule has 30 heavy (non-hydrogen) atoms. The Morgan fingerprint density at radius 2 is 1.97 bits per heavy atom. The Bertz CT molecular complexity index is 639. The van der Waals surface area contributed by atoms with E-state index in [2.05, 4.69) is 27.7 Å². The maximum atomic E-state index is 11.8. The molecular weight excluding hydrogens is 402 g/mol. The molecule has 1 heterocycles. The highest BCUT2D eigenvalue weighted by molar-refractivity contribution is 7.99. The van der Waals surface area contributed by atoms with Gasteiger partial charge in [0, 0.05) is 25.4 Å². The molecule has 1 aromatic carbocycles. The fraction of sp³-hybridized carbons (Fsp3) is 0.636. The highest BCUT2D eigenvalue weighted by Gasteiger charge is 2.10. The van der Waals surface area contributed by atoms with Crippen LogP contribution in [0, 0.1) is 0 Å². The van der Waals surface area contributed by atoms with Crippen LogP contribution in [0.1, 0.15) is 38.2 Å². The molecule has 2 rings (SSSR count). The van der Waals surface area contributed by atoms with Gasteiger partial charge in [0.15, 0.2) is 0 Å². The molecule has 2 N–H and O–H groups in total. The lowest BCUT2D eigenvalue weighted by molar-refractivity contribution is -0.118. The van der Waals surface area contributed by atoms with Crippen LogP contribution in [0.2, 0.25) is 0 Å². The first-order chi connectivity index (χ1) is 14.7. The van der Waals surface area contributed by atoms with E-state index in [0.717, 1.165) is 18.7 Å². The molecule has 0 unspecified atom stereocenters. The Kier molecular flexibility index (Phi) is 12.1. The summed E-state index contributed by atoms with van der Waals surface area (Å²) in [6.07, 6.45) is 4.29. The van der Waals surface area contributed by atoms with Gasteiger partial charge in [0.1, 0.15) is 5.75 Å². The van der Waals surface area contributed by atoms with Crippen LogP contribution in [0.15, 0.2) is 24.3 Å². The van der Waals surface area contributed by atoms with Crippen molar-refractivity contribution < 1.29 is 19.1 Å². The van der Waals surface area contributed by atoms with E-state index < -0.39 is 6.09 Å². The first-order valence-electron chi connectivity index (χ1n) is 10.9. The maximum absolute atomic E-state index is 11.8. The van der Waals surface area contributed by atoms with Crippen LogP contribution in [0.25, 0.3) is 0 Å². The number of hydrogen-bond donors (Lipinski definition) is 2. The smallest absolute Gasteiger partial charge is 0.407 e. The third-order valence-corrected chi connectivity index (χ3v) is 5.65. The van der Waals surface area contributed by atoms with Gasteiger partial charge in [-0.15, -0.1) is 0 Å². The molecule has 0 bridgehead atoms. The van der Waals surface area contributed by atoms with Crippen molar-refractivity contribution in [2.75, 3.05) is 50.9 Å². The van der Waals surface area contributed by atoms with E-state index in [4.69, 9.17) is 9.47 Å². The lowest BCUT2D eigenvalue weighted by Crippen LogP contribution is -2.29. The quantitative estimate of drug-likeness (QED) is 0.462. The van der Waals surface area contributed by atoms with Crippen LogP contribution < -0.4 is 15.4 Å². The number of nitrogens with one attached hydrogen (secondary N) is 2. The molecule has 8 heteroatoms. The van der Waals surface area contributed by atoms with Gasteiger partial charge in [0.2, 0.25) is 5.91 Å². The molecule has 0 radical (unpaired) electrons. The van der Waals surface area contributed by atoms with E-state index in [1.54, 1.807) is 6.92 Å². The second kappa shape index (κ2) is 15.0. The van der Waals surface area contributed by atoms with Crippen LogP contribution in [0.4, 0.5) is 4.79 Å². The number of ether oxygens (including phenoxy) is 2. The summed E-state index contributed by atoms with van der Waals surface area (Å²) in [6, 6.07) is 8.30. The third kappa shape index (κ3) is 10.7. The summed E-state index contributed by atoms with van der Waals surface area (Å²) in [6.45, 7) is 7.13. The van der Waals surface area contributed by atoms with E-state index in [-0.39, 0.29) is 5.91 Å². The van der Waals surface area contributed by atoms with Crippen molar-refractivity contribution >= 4 is 23.8 Å². The second-order valence-electron chi connectivity index (χ2n) is 7.24. The highest BCUT2D eigenvalue weighted by atomic mass is 32.2. The van der Waals surface area contributed by atoms with Gasteiger partial charge in [-0.1, -0.05) is 18.6 Å². The minimum Gasteiger partial charge on any atom is -0.494 e. The molecule has 0 aromatic heterocycles. The Balaban J connectivity index is 1.50. The van der Waals surface area contributed by atoms with Gasteiger partial charge in [0.25, 0.3) is 0 Å². The number of piperidine rings is 1. The van der Waals surface area contributed by atoms with E-state index >= 15 is 0 Å². The van der Waals surface area contributed by atoms with Crippen LogP contribution >= 0.6 is 11.8 Å². The highest BCUT2D eigenvalue weighted by Crippen LogP contribution is 2.17. The van der Waals surface area contributed by atoms with Crippen LogP contribution in [0.3, 0.4) is 0 Å². The van der Waals surface area contributed by atoms with Gasteiger partial charge in [0.05, 0.1) is 19.0 Å². The monoisotopic (exact) mass is 437 g/mol. The molecule has 1 aliphatic heterocycles. The zero-order valence-electron chi connectivity index (χ0n) is 18.0. The Hall–Kier alpha value is -1.93. The van der Waals surface area contributed by atoms with Gasteiger partial charge >= 0.3 is 6.09 Å². The summed E-state index contributed by atoms with van der Waals surface area (Å²) < 4.78 is 10.6. The first-order valence-corrected chi connectivity index (χ1v) is 12.0. The van der Waals surface area contributed by atoms with Crippen LogP contribution in [0.5, 0.6) is 5.75 Å². The van der Waals surface area contributed by atoms with Crippen molar-refractivity contribution in [2.24, 2.45) is 0 Å². The predicted molar refractivity (Wildman–Crippen MR) is 121 cm³/mol. The molecular formula is C22H35N3O4S. The van der Waals surface area contributed by atoms with Gasteiger partial charge in [-0.3, -0.25) is 9.69 Å². The minimum absolute atomic E-state index is 0.000311. The molecule has 0 aliphatic carbocycles. The minimum atomic E-state index is -0.417. The summed E-state index contributed by atoms with van der Waals surface area (Å²) in [5, 5.41) is 5.52. The fourth-order valence-corrected chi connectivity index (χ4v) is 3.90. The molecule has 0 atom stereocenters. The van der Waals surface area contributed by atoms with Crippen molar-refractivity contribution in [1.82, 2.24) is 15.5 Å². The van der Waals surface area contributed by atoms with Crippen molar-refractivity contribution in [2.45, 2.75) is 39.2 Å². The largest absolute Gasteiger partial charge is 0.494 e. The van der Waals surface area contributed by atoms with E-state index in [9.17, 15) is 9.59 Å². The van der Waals surface area contributed by atoms with E-state index in [0.29, 0.717) is 37.8 Å². The Morgan fingerprint density at radius 3 is 2.77 bits per heavy atom. The number of carbonyl (C=O) groups excluding carboxylic acids is 2. The van der Waals surface area contributed by atoms with Crippen molar-refractivity contribution in [3.05, 3.63) is 29.8 Å². The van der Waals surface area contributed by atoms with Crippen LogP contribution in [-0.2, 0) is 16.1 Å². The SMILES string of the molecule is CCOC(=O)NCCSCC(=O)NCCCOc1cccc(CN2CCCCC2)c1. The average molecular weight is 438 g/mol. The molecule has 1 saturated heterocycles. The van der Waals surface area contributed by atoms with E-state index in [1.165, 1.54) is 49.7 Å². The molecule has 1 aromatic rings. The first kappa shape index (κ1) is 24.3. The van der Waals surface area contributed by atoms with Crippen LogP contribution in [-0.4, -0.2) is 67.8 Å². The molecule has 2 amide bonds. The number of amides is 2. The fourth-order valence-electron chi connectivity index (χ4n) is 3.22. The normalized spacial score (nSPS) is 14.2. The second-order valence-corrected chi connectivity index (χ2v) is 8.34. The number of hydrogen-bond acceptors (Lipinski definition) is 6. The van der Waals surface area contributed by atoms with Gasteiger partial charge in [-0.25, -0.2) is 4.79 Å². The molecule has 0 spiro atoms. The van der Waals surface area contributed by atoms with Crippen molar-refractivity contribution in [1.29, 1.82) is 0 Å². The summed E-state index contributed by atoms with van der Waals surface area (Å²) in [7, 11) is 0. The topological polar surface area (TPSA) is 79.9 Å². The third-order valence-electron chi connectivity index (χ3n) is 4.69. The number of alkyl carbamates (subject to hydrolysis) is 1. The maximum Gasteiger partial charge on any atom is 0.407 e. The molecule has 168 valence electrons. The number of thioether (sulfide) groups is 1. The van der Waals surface area contributed by atoms with Crippen molar-refractivity contribution in [3.63, 3.8) is 0 Å². The Labute approximate surface area is 184 Å². The lowest BCUT2D eigenvalue weighted by Gasteiger charge is -2.26. The van der Waals surface area contributed by atoms with Crippen molar-refractivity contribution in [3.8, 4) is 5.75 Å². The number of carbonyl (C=O) groups is 2. The lowest BCUT2D eigenvalue weighted by atomic mass is 10.1. The zero-order chi connectivity index (χ0) is 21.4. The molecule has 1 aliphatic rings. The average Bonchev–Trinajstić information content (AvgIpc) is 2.74. The van der Waals surface area contributed by atoms with Gasteiger partial charge < -0.3 is 20.1 Å².